The monoisotopic (exact) mass is 517 g/mol. The Morgan fingerprint density at radius 3 is 2.19 bits per heavy atom. The SMILES string of the molecule is CCc1ccc(C2/C(=C(\O)c3cc(C)cc(Cl)c3OC)C(=O)C(=O)N2c2ccc(C(C)(C)C)cc2)cc1. The van der Waals surface area contributed by atoms with Crippen LogP contribution in [0.4, 0.5) is 5.69 Å². The van der Waals surface area contributed by atoms with Gasteiger partial charge >= 0.3 is 0 Å². The van der Waals surface area contributed by atoms with Gasteiger partial charge in [0.25, 0.3) is 11.7 Å². The molecule has 1 N–H and O–H groups in total. The van der Waals surface area contributed by atoms with Crippen LogP contribution in [0, 0.1) is 6.92 Å². The maximum atomic E-state index is 13.5. The van der Waals surface area contributed by atoms with Crippen LogP contribution in [0.1, 0.15) is 61.6 Å². The van der Waals surface area contributed by atoms with E-state index in [1.165, 1.54) is 12.0 Å². The van der Waals surface area contributed by atoms with Gasteiger partial charge in [-0.25, -0.2) is 0 Å². The van der Waals surface area contributed by atoms with E-state index >= 15 is 0 Å². The smallest absolute Gasteiger partial charge is 0.300 e. The van der Waals surface area contributed by atoms with Crippen LogP contribution >= 0.6 is 11.6 Å². The van der Waals surface area contributed by atoms with Gasteiger partial charge in [-0.1, -0.05) is 75.7 Å². The number of aliphatic hydroxyl groups is 1. The number of carbonyl (C=O) groups is 2. The van der Waals surface area contributed by atoms with Crippen LogP contribution in [-0.2, 0) is 21.4 Å². The van der Waals surface area contributed by atoms with Crippen molar-refractivity contribution >= 4 is 34.7 Å². The van der Waals surface area contributed by atoms with Crippen LogP contribution in [0.3, 0.4) is 0 Å². The second-order valence-electron chi connectivity index (χ2n) is 10.4. The lowest BCUT2D eigenvalue weighted by atomic mass is 9.87. The number of methoxy groups -OCH3 is 1. The van der Waals surface area contributed by atoms with Gasteiger partial charge in [0.2, 0.25) is 0 Å². The predicted molar refractivity (Wildman–Crippen MR) is 148 cm³/mol. The van der Waals surface area contributed by atoms with Crippen molar-refractivity contribution in [1.29, 1.82) is 0 Å². The molecule has 1 amide bonds. The fourth-order valence-corrected chi connectivity index (χ4v) is 5.08. The Balaban J connectivity index is 1.96. The summed E-state index contributed by atoms with van der Waals surface area (Å²) in [7, 11) is 1.45. The minimum absolute atomic E-state index is 0.00545. The van der Waals surface area contributed by atoms with Crippen molar-refractivity contribution in [3.63, 3.8) is 0 Å². The maximum absolute atomic E-state index is 13.5. The number of hydrogen-bond acceptors (Lipinski definition) is 4. The first-order chi connectivity index (χ1) is 17.5. The van der Waals surface area contributed by atoms with Gasteiger partial charge in [0.1, 0.15) is 11.5 Å². The molecule has 1 aliphatic rings. The summed E-state index contributed by atoms with van der Waals surface area (Å²) in [6.07, 6.45) is 0.855. The van der Waals surface area contributed by atoms with Crippen molar-refractivity contribution in [2.24, 2.45) is 0 Å². The highest BCUT2D eigenvalue weighted by molar-refractivity contribution is 6.51. The van der Waals surface area contributed by atoms with E-state index in [1.54, 1.807) is 12.1 Å². The molecule has 1 atom stereocenters. The Labute approximate surface area is 223 Å². The lowest BCUT2D eigenvalue weighted by molar-refractivity contribution is -0.132. The van der Waals surface area contributed by atoms with Gasteiger partial charge in [-0.05, 0) is 65.3 Å². The third-order valence-electron chi connectivity index (χ3n) is 6.81. The quantitative estimate of drug-likeness (QED) is 0.222. The van der Waals surface area contributed by atoms with E-state index in [0.717, 1.165) is 28.7 Å². The first-order valence-corrected chi connectivity index (χ1v) is 12.7. The number of amides is 1. The summed E-state index contributed by atoms with van der Waals surface area (Å²) in [5, 5.41) is 11.9. The maximum Gasteiger partial charge on any atom is 0.300 e. The number of carbonyl (C=O) groups excluding carboxylic acids is 2. The van der Waals surface area contributed by atoms with E-state index in [9.17, 15) is 14.7 Å². The van der Waals surface area contributed by atoms with Crippen molar-refractivity contribution < 1.29 is 19.4 Å². The summed E-state index contributed by atoms with van der Waals surface area (Å²) in [5.74, 6) is -1.54. The molecule has 0 saturated carbocycles. The largest absolute Gasteiger partial charge is 0.507 e. The Kier molecular flexibility index (Phi) is 7.20. The van der Waals surface area contributed by atoms with Crippen LogP contribution in [0.15, 0.2) is 66.2 Å². The van der Waals surface area contributed by atoms with E-state index < -0.39 is 17.7 Å². The van der Waals surface area contributed by atoms with E-state index in [2.05, 4.69) is 27.7 Å². The molecule has 3 aromatic carbocycles. The van der Waals surface area contributed by atoms with Crippen LogP contribution in [0.2, 0.25) is 5.02 Å². The number of nitrogens with zero attached hydrogens (tertiary/aromatic N) is 1. The Morgan fingerprint density at radius 1 is 1.03 bits per heavy atom. The molecular formula is C31H32ClNO4. The molecule has 6 heteroatoms. The number of ketones is 1. The lowest BCUT2D eigenvalue weighted by Gasteiger charge is -2.27. The molecule has 1 aliphatic heterocycles. The molecule has 1 fully saturated rings. The van der Waals surface area contributed by atoms with Gasteiger partial charge in [-0.3, -0.25) is 14.5 Å². The zero-order valence-electron chi connectivity index (χ0n) is 22.1. The van der Waals surface area contributed by atoms with Gasteiger partial charge in [-0.15, -0.1) is 0 Å². The standard InChI is InChI=1S/C31H32ClNO4/c1-7-19-8-10-20(11-9-19)26-25(27(34)23-16-18(2)17-24(32)29(23)37-6)28(35)30(36)33(26)22-14-12-21(13-15-22)31(3,4)5/h8-17,26,34H,7H2,1-6H3/b27-25+. The normalized spacial score (nSPS) is 17.4. The van der Waals surface area contributed by atoms with E-state index in [-0.39, 0.29) is 28.1 Å². The number of anilines is 1. The third kappa shape index (κ3) is 4.88. The highest BCUT2D eigenvalue weighted by Crippen LogP contribution is 2.44. The van der Waals surface area contributed by atoms with Gasteiger partial charge < -0.3 is 9.84 Å². The summed E-state index contributed by atoms with van der Waals surface area (Å²) in [5.41, 5.74) is 4.51. The average Bonchev–Trinajstić information content (AvgIpc) is 3.13. The zero-order chi connectivity index (χ0) is 27.1. The summed E-state index contributed by atoms with van der Waals surface area (Å²) < 4.78 is 5.47. The fourth-order valence-electron chi connectivity index (χ4n) is 4.73. The topological polar surface area (TPSA) is 66.8 Å². The number of rotatable bonds is 5. The summed E-state index contributed by atoms with van der Waals surface area (Å²) in [4.78, 5) is 28.5. The van der Waals surface area contributed by atoms with Crippen LogP contribution in [0.25, 0.3) is 5.76 Å². The molecule has 5 nitrogen and oxygen atoms in total. The molecule has 4 rings (SSSR count). The first kappa shape index (κ1) is 26.5. The number of halogens is 1. The molecule has 1 saturated heterocycles. The van der Waals surface area contributed by atoms with Gasteiger partial charge in [-0.2, -0.15) is 0 Å². The molecule has 0 radical (unpaired) electrons. The predicted octanol–water partition coefficient (Wildman–Crippen LogP) is 7.14. The minimum Gasteiger partial charge on any atom is -0.507 e. The van der Waals surface area contributed by atoms with Crippen molar-refractivity contribution in [2.45, 2.75) is 52.5 Å². The Morgan fingerprint density at radius 2 is 1.65 bits per heavy atom. The molecule has 0 bridgehead atoms. The molecule has 0 aromatic heterocycles. The lowest BCUT2D eigenvalue weighted by Crippen LogP contribution is -2.29. The van der Waals surface area contributed by atoms with Crippen LogP contribution in [-0.4, -0.2) is 23.9 Å². The van der Waals surface area contributed by atoms with Crippen molar-refractivity contribution in [3.8, 4) is 5.75 Å². The number of aryl methyl sites for hydroxylation is 2. The number of ether oxygens (including phenoxy) is 1. The third-order valence-corrected chi connectivity index (χ3v) is 7.09. The minimum atomic E-state index is -0.824. The van der Waals surface area contributed by atoms with Crippen molar-refractivity contribution in [1.82, 2.24) is 0 Å². The molecule has 0 spiro atoms. The fraction of sp³-hybridized carbons (Fsp3) is 0.290. The van der Waals surface area contributed by atoms with Gasteiger partial charge in [0.05, 0.1) is 29.3 Å². The molecule has 1 heterocycles. The first-order valence-electron chi connectivity index (χ1n) is 12.3. The molecule has 192 valence electrons. The number of aliphatic hydroxyl groups excluding tert-OH is 1. The van der Waals surface area contributed by atoms with Crippen molar-refractivity contribution in [2.75, 3.05) is 12.0 Å². The van der Waals surface area contributed by atoms with Crippen LogP contribution in [0.5, 0.6) is 5.75 Å². The van der Waals surface area contributed by atoms with Gasteiger partial charge in [0.15, 0.2) is 0 Å². The summed E-state index contributed by atoms with van der Waals surface area (Å²) in [6.45, 7) is 10.2. The Bertz CT molecular complexity index is 1380. The second kappa shape index (κ2) is 10.1. The highest BCUT2D eigenvalue weighted by atomic mass is 35.5. The number of benzene rings is 3. The molecule has 1 unspecified atom stereocenters. The zero-order valence-corrected chi connectivity index (χ0v) is 22.8. The van der Waals surface area contributed by atoms with E-state index in [1.807, 2.05) is 55.5 Å². The van der Waals surface area contributed by atoms with E-state index in [0.29, 0.717) is 10.7 Å². The molecule has 3 aromatic rings. The number of hydrogen-bond donors (Lipinski definition) is 1. The molecule has 37 heavy (non-hydrogen) atoms. The van der Waals surface area contributed by atoms with E-state index in [4.69, 9.17) is 16.3 Å². The molecular weight excluding hydrogens is 486 g/mol. The summed E-state index contributed by atoms with van der Waals surface area (Å²) in [6, 6.07) is 18.0. The average molecular weight is 518 g/mol. The Hall–Kier alpha value is -3.57. The second-order valence-corrected chi connectivity index (χ2v) is 10.8. The summed E-state index contributed by atoms with van der Waals surface area (Å²) >= 11 is 6.39. The molecule has 0 aliphatic carbocycles. The van der Waals surface area contributed by atoms with Crippen molar-refractivity contribution in [3.05, 3.63) is 99.1 Å². The van der Waals surface area contributed by atoms with Crippen LogP contribution < -0.4 is 9.64 Å². The van der Waals surface area contributed by atoms with Gasteiger partial charge in [0, 0.05) is 5.69 Å². The number of Topliss-reactive ketones (excluding diaryl/α,β-unsaturated/α-hetero) is 1. The highest BCUT2D eigenvalue weighted by Gasteiger charge is 2.47.